The zero-order chi connectivity index (χ0) is 18.8. The maximum atomic E-state index is 13.1. The normalized spacial score (nSPS) is 12.9. The molecule has 1 aliphatic heterocycles. The fourth-order valence-electron chi connectivity index (χ4n) is 3.13. The first-order valence-corrected chi connectivity index (χ1v) is 8.47. The van der Waals surface area contributed by atoms with Gasteiger partial charge < -0.3 is 4.74 Å². The zero-order valence-corrected chi connectivity index (χ0v) is 14.3. The van der Waals surface area contributed by atoms with Gasteiger partial charge in [-0.25, -0.2) is 0 Å². The highest BCUT2D eigenvalue weighted by Crippen LogP contribution is 2.37. The van der Waals surface area contributed by atoms with Gasteiger partial charge >= 0.3 is 0 Å². The van der Waals surface area contributed by atoms with E-state index in [4.69, 9.17) is 4.74 Å². The molecule has 0 atom stereocenters. The number of hydrogen-bond acceptors (Lipinski definition) is 4. The Morgan fingerprint density at radius 1 is 0.926 bits per heavy atom. The summed E-state index contributed by atoms with van der Waals surface area (Å²) in [6.45, 7) is 0. The molecule has 132 valence electrons. The molecule has 3 aromatic rings. The summed E-state index contributed by atoms with van der Waals surface area (Å²) in [5.41, 5.74) is 2.44. The Balaban J connectivity index is 1.84. The maximum Gasteiger partial charge on any atom is 0.269 e. The molecule has 5 heteroatoms. The predicted molar refractivity (Wildman–Crippen MR) is 102 cm³/mol. The van der Waals surface area contributed by atoms with Gasteiger partial charge in [-0.1, -0.05) is 60.7 Å². The molecule has 3 aromatic carbocycles. The number of ketones is 1. The number of allylic oxidation sites excluding steroid dienone is 1. The van der Waals surface area contributed by atoms with Crippen LogP contribution >= 0.6 is 0 Å². The molecule has 0 radical (unpaired) electrons. The van der Waals surface area contributed by atoms with Crippen LogP contribution in [0.3, 0.4) is 0 Å². The van der Waals surface area contributed by atoms with Crippen LogP contribution in [0, 0.1) is 10.1 Å². The summed E-state index contributed by atoms with van der Waals surface area (Å²) in [7, 11) is 0. The van der Waals surface area contributed by atoms with Crippen molar-refractivity contribution in [3.63, 3.8) is 0 Å². The maximum absolute atomic E-state index is 13.1. The Bertz CT molecular complexity index is 1060. The summed E-state index contributed by atoms with van der Waals surface area (Å²) in [4.78, 5) is 23.8. The number of nitro benzene ring substituents is 1. The Morgan fingerprint density at radius 2 is 1.59 bits per heavy atom. The second-order valence-electron chi connectivity index (χ2n) is 6.20. The number of hydrogen-bond donors (Lipinski definition) is 0. The zero-order valence-electron chi connectivity index (χ0n) is 14.3. The van der Waals surface area contributed by atoms with E-state index in [9.17, 15) is 14.9 Å². The van der Waals surface area contributed by atoms with E-state index in [1.165, 1.54) is 12.1 Å². The van der Waals surface area contributed by atoms with E-state index < -0.39 is 4.92 Å². The topological polar surface area (TPSA) is 69.4 Å². The van der Waals surface area contributed by atoms with Gasteiger partial charge in [0.05, 0.1) is 4.92 Å². The first kappa shape index (κ1) is 16.7. The molecule has 1 aliphatic rings. The monoisotopic (exact) mass is 357 g/mol. The number of nitrogens with zero attached hydrogens (tertiary/aromatic N) is 1. The Morgan fingerprint density at radius 3 is 2.26 bits per heavy atom. The third kappa shape index (κ3) is 3.22. The highest BCUT2D eigenvalue weighted by Gasteiger charge is 2.27. The fourth-order valence-corrected chi connectivity index (χ4v) is 3.13. The van der Waals surface area contributed by atoms with Crippen molar-refractivity contribution in [1.82, 2.24) is 0 Å². The Hall–Kier alpha value is -3.73. The second-order valence-corrected chi connectivity index (χ2v) is 6.20. The standard InChI is InChI=1S/C22H15NO4/c24-21(15-7-3-1-4-8-15)19-14-17-13-18(23(25)26)11-12-20(17)27-22(19)16-9-5-2-6-10-16/h1-13H,14H2. The van der Waals surface area contributed by atoms with Crippen LogP contribution in [0.25, 0.3) is 5.76 Å². The smallest absolute Gasteiger partial charge is 0.269 e. The van der Waals surface area contributed by atoms with Crippen LogP contribution < -0.4 is 4.74 Å². The quantitative estimate of drug-likeness (QED) is 0.381. The number of non-ortho nitro benzene ring substituents is 1. The fraction of sp³-hybridized carbons (Fsp3) is 0.0455. The molecule has 0 unspecified atom stereocenters. The lowest BCUT2D eigenvalue weighted by Gasteiger charge is -2.23. The molecule has 4 rings (SSSR count). The van der Waals surface area contributed by atoms with Crippen molar-refractivity contribution in [2.75, 3.05) is 0 Å². The van der Waals surface area contributed by atoms with Crippen LogP contribution in [0.4, 0.5) is 5.69 Å². The SMILES string of the molecule is O=C(C1=C(c2ccccc2)Oc2ccc([N+](=O)[O-])cc2C1)c1ccccc1. The lowest BCUT2D eigenvalue weighted by Crippen LogP contribution is -2.17. The van der Waals surface area contributed by atoms with E-state index in [0.717, 1.165) is 5.56 Å². The van der Waals surface area contributed by atoms with E-state index in [1.54, 1.807) is 30.3 Å². The third-order valence-electron chi connectivity index (χ3n) is 4.45. The summed E-state index contributed by atoms with van der Waals surface area (Å²) in [6, 6.07) is 22.8. The van der Waals surface area contributed by atoms with Crippen molar-refractivity contribution in [1.29, 1.82) is 0 Å². The highest BCUT2D eigenvalue weighted by molar-refractivity contribution is 6.13. The van der Waals surface area contributed by atoms with Gasteiger partial charge in [0.15, 0.2) is 5.78 Å². The van der Waals surface area contributed by atoms with Crippen LogP contribution in [0.15, 0.2) is 84.4 Å². The lowest BCUT2D eigenvalue weighted by atomic mass is 9.91. The van der Waals surface area contributed by atoms with Crippen LogP contribution in [0.2, 0.25) is 0 Å². The lowest BCUT2D eigenvalue weighted by molar-refractivity contribution is -0.384. The number of benzene rings is 3. The van der Waals surface area contributed by atoms with Crippen molar-refractivity contribution in [2.45, 2.75) is 6.42 Å². The first-order chi connectivity index (χ1) is 13.1. The van der Waals surface area contributed by atoms with Crippen LogP contribution in [0.1, 0.15) is 21.5 Å². The molecule has 0 saturated carbocycles. The van der Waals surface area contributed by atoms with Crippen LogP contribution in [0.5, 0.6) is 5.75 Å². The number of carbonyl (C=O) groups is 1. The minimum atomic E-state index is -0.449. The summed E-state index contributed by atoms with van der Waals surface area (Å²) in [5.74, 6) is 0.876. The van der Waals surface area contributed by atoms with Crippen molar-refractivity contribution in [3.8, 4) is 5.75 Å². The number of carbonyl (C=O) groups excluding carboxylic acids is 1. The highest BCUT2D eigenvalue weighted by atomic mass is 16.6. The minimum Gasteiger partial charge on any atom is -0.456 e. The number of ether oxygens (including phenoxy) is 1. The molecule has 0 saturated heterocycles. The van der Waals surface area contributed by atoms with Gasteiger partial charge in [0.1, 0.15) is 11.5 Å². The molecule has 5 nitrogen and oxygen atoms in total. The summed E-state index contributed by atoms with van der Waals surface area (Å²) < 4.78 is 6.04. The van der Waals surface area contributed by atoms with Gasteiger partial charge in [0.2, 0.25) is 0 Å². The van der Waals surface area contributed by atoms with Crippen LogP contribution in [-0.2, 0) is 6.42 Å². The average Bonchev–Trinajstić information content (AvgIpc) is 2.73. The van der Waals surface area contributed by atoms with Gasteiger partial charge in [-0.05, 0) is 6.07 Å². The molecule has 0 aliphatic carbocycles. The molecule has 1 heterocycles. The van der Waals surface area contributed by atoms with Crippen molar-refractivity contribution < 1.29 is 14.5 Å². The molecule has 0 amide bonds. The molecular formula is C22H15NO4. The van der Waals surface area contributed by atoms with E-state index in [-0.39, 0.29) is 17.9 Å². The minimum absolute atomic E-state index is 0.0213. The molecule has 0 fully saturated rings. The van der Waals surface area contributed by atoms with Crippen molar-refractivity contribution in [2.24, 2.45) is 0 Å². The molecular weight excluding hydrogens is 342 g/mol. The third-order valence-corrected chi connectivity index (χ3v) is 4.45. The molecule has 0 N–H and O–H groups in total. The van der Waals surface area contributed by atoms with E-state index in [1.807, 2.05) is 36.4 Å². The first-order valence-electron chi connectivity index (χ1n) is 8.47. The summed E-state index contributed by atoms with van der Waals surface area (Å²) >= 11 is 0. The van der Waals surface area contributed by atoms with Gasteiger partial charge in [-0.3, -0.25) is 14.9 Å². The second kappa shape index (κ2) is 6.88. The number of fused-ring (bicyclic) bond motifs is 1. The largest absolute Gasteiger partial charge is 0.456 e. The van der Waals surface area contributed by atoms with Gasteiger partial charge in [0.25, 0.3) is 5.69 Å². The number of rotatable bonds is 4. The van der Waals surface area contributed by atoms with E-state index >= 15 is 0 Å². The Labute approximate surface area is 155 Å². The molecule has 0 bridgehead atoms. The van der Waals surface area contributed by atoms with Gasteiger partial charge in [-0.15, -0.1) is 0 Å². The number of nitro groups is 1. The van der Waals surface area contributed by atoms with E-state index in [0.29, 0.717) is 28.2 Å². The van der Waals surface area contributed by atoms with Gasteiger partial charge in [-0.2, -0.15) is 0 Å². The summed E-state index contributed by atoms with van der Waals surface area (Å²) in [6.07, 6.45) is 0.273. The van der Waals surface area contributed by atoms with Crippen molar-refractivity contribution >= 4 is 17.2 Å². The Kier molecular flexibility index (Phi) is 4.26. The van der Waals surface area contributed by atoms with Crippen molar-refractivity contribution in [3.05, 3.63) is 111 Å². The molecule has 27 heavy (non-hydrogen) atoms. The summed E-state index contributed by atoms with van der Waals surface area (Å²) in [5, 5.41) is 11.1. The predicted octanol–water partition coefficient (Wildman–Crippen LogP) is 4.82. The number of Topliss-reactive ketones (excluding diaryl/α,β-unsaturated/α-hetero) is 1. The van der Waals surface area contributed by atoms with Crippen LogP contribution in [-0.4, -0.2) is 10.7 Å². The van der Waals surface area contributed by atoms with Gasteiger partial charge in [0, 0.05) is 40.8 Å². The van der Waals surface area contributed by atoms with E-state index in [2.05, 4.69) is 0 Å². The molecule has 0 spiro atoms. The average molecular weight is 357 g/mol. The molecule has 0 aromatic heterocycles.